The number of hydrogen-bond acceptors (Lipinski definition) is 2. The van der Waals surface area contributed by atoms with E-state index in [4.69, 9.17) is 0 Å². The smallest absolute Gasteiger partial charge is 0.314 e. The summed E-state index contributed by atoms with van der Waals surface area (Å²) in [5.41, 5.74) is 2.70. The molecular weight excluding hydrogens is 334 g/mol. The van der Waals surface area contributed by atoms with Crippen LogP contribution in [-0.2, 0) is 13.0 Å². The van der Waals surface area contributed by atoms with E-state index in [1.807, 2.05) is 6.07 Å². The largest absolute Gasteiger partial charge is 0.338 e. The molecule has 2 amide bonds. The lowest BCUT2D eigenvalue weighted by atomic mass is 9.96. The van der Waals surface area contributed by atoms with Crippen LogP contribution in [0.15, 0.2) is 60.7 Å². The Morgan fingerprint density at radius 1 is 0.889 bits per heavy atom. The van der Waals surface area contributed by atoms with Crippen LogP contribution in [0.5, 0.6) is 0 Å². The Balaban J connectivity index is 1.24. The van der Waals surface area contributed by atoms with Crippen LogP contribution < -0.4 is 10.6 Å². The van der Waals surface area contributed by atoms with E-state index in [0.717, 1.165) is 58.4 Å². The van der Waals surface area contributed by atoms with Crippen molar-refractivity contribution >= 4 is 6.03 Å². The average molecular weight is 366 g/mol. The molecule has 0 aliphatic carbocycles. The Morgan fingerprint density at radius 2 is 1.52 bits per heavy atom. The number of benzene rings is 2. The summed E-state index contributed by atoms with van der Waals surface area (Å²) < 4.78 is 0. The van der Waals surface area contributed by atoms with Gasteiger partial charge >= 0.3 is 6.03 Å². The topological polar surface area (TPSA) is 44.4 Å². The van der Waals surface area contributed by atoms with Gasteiger partial charge in [-0.05, 0) is 55.8 Å². The van der Waals surface area contributed by atoms with Crippen molar-refractivity contribution in [1.29, 1.82) is 0 Å². The van der Waals surface area contributed by atoms with Gasteiger partial charge in [0.2, 0.25) is 0 Å². The van der Waals surface area contributed by atoms with E-state index < -0.39 is 0 Å². The van der Waals surface area contributed by atoms with Gasteiger partial charge in [0.25, 0.3) is 0 Å². The van der Waals surface area contributed by atoms with Crippen LogP contribution in [0.1, 0.15) is 30.4 Å². The number of rotatable bonds is 8. The Labute approximate surface area is 163 Å². The van der Waals surface area contributed by atoms with Crippen LogP contribution in [0, 0.1) is 5.92 Å². The molecule has 0 radical (unpaired) electrons. The first-order valence-electron chi connectivity index (χ1n) is 10.1. The van der Waals surface area contributed by atoms with Crippen molar-refractivity contribution in [3.8, 4) is 0 Å². The number of nitrogens with one attached hydrogen (secondary N) is 2. The third kappa shape index (κ3) is 7.06. The fraction of sp³-hybridized carbons (Fsp3) is 0.435. The third-order valence-electron chi connectivity index (χ3n) is 5.28. The Morgan fingerprint density at radius 3 is 2.19 bits per heavy atom. The summed E-state index contributed by atoms with van der Waals surface area (Å²) in [4.78, 5) is 14.5. The predicted molar refractivity (Wildman–Crippen MR) is 111 cm³/mol. The van der Waals surface area contributed by atoms with E-state index in [0.29, 0.717) is 5.92 Å². The van der Waals surface area contributed by atoms with E-state index in [2.05, 4.69) is 70.1 Å². The monoisotopic (exact) mass is 365 g/mol. The van der Waals surface area contributed by atoms with Gasteiger partial charge in [0.1, 0.15) is 0 Å². The molecule has 0 unspecified atom stereocenters. The van der Waals surface area contributed by atoms with Gasteiger partial charge in [0, 0.05) is 19.6 Å². The van der Waals surface area contributed by atoms with Crippen molar-refractivity contribution in [2.75, 3.05) is 26.2 Å². The van der Waals surface area contributed by atoms with Crippen LogP contribution in [0.25, 0.3) is 0 Å². The number of amides is 2. The average Bonchev–Trinajstić information content (AvgIpc) is 2.72. The summed E-state index contributed by atoms with van der Waals surface area (Å²) in [6.07, 6.45) is 4.28. The maximum Gasteiger partial charge on any atom is 0.314 e. The molecule has 2 aromatic rings. The summed E-state index contributed by atoms with van der Waals surface area (Å²) in [7, 11) is 0. The summed E-state index contributed by atoms with van der Waals surface area (Å²) in [6, 6.07) is 21.0. The summed E-state index contributed by atoms with van der Waals surface area (Å²) in [5.74, 6) is 0.590. The van der Waals surface area contributed by atoms with Gasteiger partial charge in [0.15, 0.2) is 0 Å². The van der Waals surface area contributed by atoms with E-state index in [9.17, 15) is 4.79 Å². The molecule has 0 aromatic heterocycles. The lowest BCUT2D eigenvalue weighted by Crippen LogP contribution is -2.42. The Bertz CT molecular complexity index is 667. The zero-order valence-corrected chi connectivity index (χ0v) is 16.1. The molecule has 4 nitrogen and oxygen atoms in total. The molecule has 1 fully saturated rings. The van der Waals surface area contributed by atoms with E-state index >= 15 is 0 Å². The van der Waals surface area contributed by atoms with Crippen LogP contribution in [0.2, 0.25) is 0 Å². The molecule has 1 aliphatic rings. The van der Waals surface area contributed by atoms with Crippen molar-refractivity contribution < 1.29 is 4.79 Å². The molecule has 3 rings (SSSR count). The molecule has 0 atom stereocenters. The van der Waals surface area contributed by atoms with E-state index in [1.165, 1.54) is 11.1 Å². The van der Waals surface area contributed by atoms with Crippen molar-refractivity contribution in [2.24, 2.45) is 5.92 Å². The highest BCUT2D eigenvalue weighted by Crippen LogP contribution is 2.18. The second kappa shape index (κ2) is 10.7. The molecule has 27 heavy (non-hydrogen) atoms. The summed E-state index contributed by atoms with van der Waals surface area (Å²) >= 11 is 0. The SMILES string of the molecule is O=C(NCCCc1ccccc1)NCC1CCN(Cc2ccccc2)CC1. The minimum atomic E-state index is -0.0326. The molecule has 2 N–H and O–H groups in total. The van der Waals surface area contributed by atoms with Crippen LogP contribution in [0.3, 0.4) is 0 Å². The van der Waals surface area contributed by atoms with Crippen LogP contribution in [-0.4, -0.2) is 37.1 Å². The first-order valence-corrected chi connectivity index (χ1v) is 10.1. The number of carbonyl (C=O) groups excluding carboxylic acids is 1. The van der Waals surface area contributed by atoms with Gasteiger partial charge in [-0.15, -0.1) is 0 Å². The van der Waals surface area contributed by atoms with Gasteiger partial charge in [-0.1, -0.05) is 60.7 Å². The zero-order valence-electron chi connectivity index (χ0n) is 16.1. The Hall–Kier alpha value is -2.33. The first kappa shape index (κ1) is 19.4. The van der Waals surface area contributed by atoms with Gasteiger partial charge in [-0.2, -0.15) is 0 Å². The number of aryl methyl sites for hydroxylation is 1. The third-order valence-corrected chi connectivity index (χ3v) is 5.28. The highest BCUT2D eigenvalue weighted by atomic mass is 16.2. The second-order valence-corrected chi connectivity index (χ2v) is 7.43. The van der Waals surface area contributed by atoms with E-state index in [-0.39, 0.29) is 6.03 Å². The summed E-state index contributed by atoms with van der Waals surface area (Å²) in [5, 5.41) is 6.02. The number of hydrogen-bond donors (Lipinski definition) is 2. The minimum absolute atomic E-state index is 0.0326. The molecule has 4 heteroatoms. The molecular formula is C23H31N3O. The van der Waals surface area contributed by atoms with Gasteiger partial charge < -0.3 is 10.6 Å². The maximum atomic E-state index is 12.0. The fourth-order valence-corrected chi connectivity index (χ4v) is 3.63. The number of piperidine rings is 1. The fourth-order valence-electron chi connectivity index (χ4n) is 3.63. The number of carbonyl (C=O) groups is 1. The molecule has 1 heterocycles. The molecule has 1 aliphatic heterocycles. The number of likely N-dealkylation sites (tertiary alicyclic amines) is 1. The van der Waals surface area contributed by atoms with Crippen molar-refractivity contribution in [3.63, 3.8) is 0 Å². The number of urea groups is 1. The lowest BCUT2D eigenvalue weighted by molar-refractivity contribution is 0.175. The van der Waals surface area contributed by atoms with Crippen molar-refractivity contribution in [1.82, 2.24) is 15.5 Å². The van der Waals surface area contributed by atoms with Gasteiger partial charge in [-0.3, -0.25) is 4.90 Å². The van der Waals surface area contributed by atoms with Crippen molar-refractivity contribution in [3.05, 3.63) is 71.8 Å². The highest BCUT2D eigenvalue weighted by Gasteiger charge is 2.19. The second-order valence-electron chi connectivity index (χ2n) is 7.43. The first-order chi connectivity index (χ1) is 13.3. The summed E-state index contributed by atoms with van der Waals surface area (Å²) in [6.45, 7) is 4.75. The maximum absolute atomic E-state index is 12.0. The molecule has 0 spiro atoms. The molecule has 1 saturated heterocycles. The van der Waals surface area contributed by atoms with Crippen molar-refractivity contribution in [2.45, 2.75) is 32.2 Å². The normalized spacial score (nSPS) is 15.4. The molecule has 2 aromatic carbocycles. The standard InChI is InChI=1S/C23H31N3O/c27-23(24-15-7-12-20-8-3-1-4-9-20)25-18-21-13-16-26(17-14-21)19-22-10-5-2-6-11-22/h1-6,8-11,21H,7,12-19H2,(H2,24,25,27). The Kier molecular flexibility index (Phi) is 7.72. The molecule has 0 saturated carbocycles. The highest BCUT2D eigenvalue weighted by molar-refractivity contribution is 5.73. The molecule has 144 valence electrons. The predicted octanol–water partition coefficient (Wildman–Crippen LogP) is 3.83. The molecule has 0 bridgehead atoms. The van der Waals surface area contributed by atoms with Gasteiger partial charge in [-0.25, -0.2) is 4.79 Å². The van der Waals surface area contributed by atoms with Crippen LogP contribution >= 0.6 is 0 Å². The quantitative estimate of drug-likeness (QED) is 0.698. The van der Waals surface area contributed by atoms with E-state index in [1.54, 1.807) is 0 Å². The van der Waals surface area contributed by atoms with Crippen LogP contribution in [0.4, 0.5) is 4.79 Å². The number of nitrogens with zero attached hydrogens (tertiary/aromatic N) is 1. The van der Waals surface area contributed by atoms with Gasteiger partial charge in [0.05, 0.1) is 0 Å². The zero-order chi connectivity index (χ0) is 18.7. The lowest BCUT2D eigenvalue weighted by Gasteiger charge is -2.32. The minimum Gasteiger partial charge on any atom is -0.338 e.